The molecule has 0 saturated heterocycles. The second-order valence-electron chi connectivity index (χ2n) is 4.21. The lowest BCUT2D eigenvalue weighted by molar-refractivity contribution is 0.935. The molecule has 1 heterocycles. The standard InChI is InChI=1S/C14H8ClIN2OS/c15-8-5-6-12(10(16)7-8)18-13(19)9-3-1-2-4-11(9)17-14(18)20/h1-7H,(H,17,20). The molecule has 0 unspecified atom stereocenters. The van der Waals surface area contributed by atoms with Crippen molar-refractivity contribution in [1.82, 2.24) is 9.55 Å². The highest BCUT2D eigenvalue weighted by molar-refractivity contribution is 14.1. The molecular weight excluding hydrogens is 407 g/mol. The molecule has 0 aliphatic carbocycles. The molecule has 0 saturated carbocycles. The Labute approximate surface area is 138 Å². The van der Waals surface area contributed by atoms with Crippen molar-refractivity contribution in [1.29, 1.82) is 0 Å². The molecule has 1 N–H and O–H groups in total. The van der Waals surface area contributed by atoms with E-state index in [9.17, 15) is 4.79 Å². The smallest absolute Gasteiger partial charge is 0.266 e. The summed E-state index contributed by atoms with van der Waals surface area (Å²) in [6, 6.07) is 12.7. The molecule has 2 aromatic carbocycles. The number of aromatic nitrogens is 2. The SMILES string of the molecule is O=c1c2ccccc2[nH]c(=S)n1-c1ccc(Cl)cc1I. The first-order chi connectivity index (χ1) is 9.58. The first kappa shape index (κ1) is 13.8. The van der Waals surface area contributed by atoms with Gasteiger partial charge in [0.25, 0.3) is 5.56 Å². The van der Waals surface area contributed by atoms with Gasteiger partial charge in [-0.2, -0.15) is 0 Å². The highest BCUT2D eigenvalue weighted by atomic mass is 127. The second-order valence-corrected chi connectivity index (χ2v) is 6.20. The summed E-state index contributed by atoms with van der Waals surface area (Å²) in [7, 11) is 0. The zero-order valence-corrected chi connectivity index (χ0v) is 13.8. The summed E-state index contributed by atoms with van der Waals surface area (Å²) in [4.78, 5) is 15.7. The van der Waals surface area contributed by atoms with Crippen LogP contribution in [-0.2, 0) is 0 Å². The van der Waals surface area contributed by atoms with Crippen LogP contribution in [0.5, 0.6) is 0 Å². The molecule has 0 spiro atoms. The lowest BCUT2D eigenvalue weighted by atomic mass is 10.2. The molecule has 0 aliphatic heterocycles. The highest BCUT2D eigenvalue weighted by Gasteiger charge is 2.10. The van der Waals surface area contributed by atoms with E-state index in [1.165, 1.54) is 4.57 Å². The topological polar surface area (TPSA) is 37.8 Å². The van der Waals surface area contributed by atoms with Crippen LogP contribution in [0.4, 0.5) is 0 Å². The van der Waals surface area contributed by atoms with Crippen molar-refractivity contribution in [2.45, 2.75) is 0 Å². The number of aromatic amines is 1. The maximum absolute atomic E-state index is 12.6. The summed E-state index contributed by atoms with van der Waals surface area (Å²) in [5.74, 6) is 0. The normalized spacial score (nSPS) is 10.9. The van der Waals surface area contributed by atoms with E-state index in [4.69, 9.17) is 23.8 Å². The molecule has 3 rings (SSSR count). The van der Waals surface area contributed by atoms with Crippen molar-refractivity contribution < 1.29 is 0 Å². The van der Waals surface area contributed by atoms with Gasteiger partial charge in [-0.05, 0) is 65.1 Å². The van der Waals surface area contributed by atoms with E-state index < -0.39 is 0 Å². The fraction of sp³-hybridized carbons (Fsp3) is 0. The van der Waals surface area contributed by atoms with E-state index in [1.807, 2.05) is 18.2 Å². The molecule has 0 atom stereocenters. The fourth-order valence-electron chi connectivity index (χ4n) is 2.04. The summed E-state index contributed by atoms with van der Waals surface area (Å²) >= 11 is 13.4. The predicted octanol–water partition coefficient (Wildman–Crippen LogP) is 4.31. The third kappa shape index (κ3) is 2.30. The zero-order valence-electron chi connectivity index (χ0n) is 10.1. The first-order valence-electron chi connectivity index (χ1n) is 5.77. The van der Waals surface area contributed by atoms with E-state index >= 15 is 0 Å². The Hall–Kier alpha value is -1.18. The van der Waals surface area contributed by atoms with Crippen molar-refractivity contribution in [3.63, 3.8) is 0 Å². The van der Waals surface area contributed by atoms with Gasteiger partial charge in [-0.3, -0.25) is 9.36 Å². The van der Waals surface area contributed by atoms with Crippen LogP contribution < -0.4 is 5.56 Å². The molecule has 0 bridgehead atoms. The lowest BCUT2D eigenvalue weighted by Gasteiger charge is -2.10. The average Bonchev–Trinajstić information content (AvgIpc) is 2.41. The summed E-state index contributed by atoms with van der Waals surface area (Å²) in [6.45, 7) is 0. The monoisotopic (exact) mass is 414 g/mol. The van der Waals surface area contributed by atoms with Gasteiger partial charge in [-0.25, -0.2) is 0 Å². The summed E-state index contributed by atoms with van der Waals surface area (Å²) < 4.78 is 2.73. The molecule has 0 fully saturated rings. The van der Waals surface area contributed by atoms with Crippen LogP contribution in [0.15, 0.2) is 47.3 Å². The molecule has 0 aliphatic rings. The highest BCUT2D eigenvalue weighted by Crippen LogP contribution is 2.21. The predicted molar refractivity (Wildman–Crippen MR) is 92.5 cm³/mol. The van der Waals surface area contributed by atoms with Crippen molar-refractivity contribution >= 4 is 57.3 Å². The molecule has 6 heteroatoms. The van der Waals surface area contributed by atoms with Crippen molar-refractivity contribution in [2.24, 2.45) is 0 Å². The summed E-state index contributed by atoms with van der Waals surface area (Å²) in [6.07, 6.45) is 0. The average molecular weight is 415 g/mol. The molecule has 0 amide bonds. The van der Waals surface area contributed by atoms with Crippen LogP contribution in [0.3, 0.4) is 0 Å². The zero-order chi connectivity index (χ0) is 14.3. The largest absolute Gasteiger partial charge is 0.331 e. The van der Waals surface area contributed by atoms with Gasteiger partial charge in [0.15, 0.2) is 4.77 Å². The Kier molecular flexibility index (Phi) is 3.66. The number of hydrogen-bond donors (Lipinski definition) is 1. The third-order valence-electron chi connectivity index (χ3n) is 2.96. The Morgan fingerprint density at radius 1 is 1.20 bits per heavy atom. The van der Waals surface area contributed by atoms with Crippen LogP contribution in [0.1, 0.15) is 0 Å². The van der Waals surface area contributed by atoms with Gasteiger partial charge < -0.3 is 4.98 Å². The van der Waals surface area contributed by atoms with E-state index in [-0.39, 0.29) is 5.56 Å². The van der Waals surface area contributed by atoms with Crippen LogP contribution in [0.25, 0.3) is 16.6 Å². The van der Waals surface area contributed by atoms with Gasteiger partial charge in [-0.1, -0.05) is 23.7 Å². The Balaban J connectivity index is 2.43. The number of H-pyrrole nitrogens is 1. The minimum absolute atomic E-state index is 0.135. The van der Waals surface area contributed by atoms with Gasteiger partial charge in [0, 0.05) is 8.59 Å². The van der Waals surface area contributed by atoms with Gasteiger partial charge in [0.05, 0.1) is 16.6 Å². The molecular formula is C14H8ClIN2OS. The minimum atomic E-state index is -0.135. The molecule has 3 aromatic rings. The Morgan fingerprint density at radius 2 is 1.95 bits per heavy atom. The Morgan fingerprint density at radius 3 is 2.70 bits per heavy atom. The number of para-hydroxylation sites is 1. The first-order valence-corrected chi connectivity index (χ1v) is 7.64. The number of nitrogens with zero attached hydrogens (tertiary/aromatic N) is 1. The fourth-order valence-corrected chi connectivity index (χ4v) is 3.45. The second kappa shape index (κ2) is 5.31. The molecule has 0 radical (unpaired) electrons. The van der Waals surface area contributed by atoms with E-state index in [2.05, 4.69) is 27.6 Å². The lowest BCUT2D eigenvalue weighted by Crippen LogP contribution is -2.21. The molecule has 20 heavy (non-hydrogen) atoms. The van der Waals surface area contributed by atoms with Gasteiger partial charge in [0.1, 0.15) is 0 Å². The molecule has 1 aromatic heterocycles. The van der Waals surface area contributed by atoms with Crippen LogP contribution in [0.2, 0.25) is 5.02 Å². The van der Waals surface area contributed by atoms with Gasteiger partial charge in [-0.15, -0.1) is 0 Å². The van der Waals surface area contributed by atoms with E-state index in [1.54, 1.807) is 24.3 Å². The molecule has 100 valence electrons. The minimum Gasteiger partial charge on any atom is -0.331 e. The maximum atomic E-state index is 12.6. The van der Waals surface area contributed by atoms with E-state index in [0.29, 0.717) is 15.2 Å². The summed E-state index contributed by atoms with van der Waals surface area (Å²) in [5, 5.41) is 1.23. The third-order valence-corrected chi connectivity index (χ3v) is 4.34. The van der Waals surface area contributed by atoms with Crippen molar-refractivity contribution in [3.05, 3.63) is 66.2 Å². The summed E-state index contributed by atoms with van der Waals surface area (Å²) in [5.41, 5.74) is 1.33. The van der Waals surface area contributed by atoms with E-state index in [0.717, 1.165) is 14.8 Å². The van der Waals surface area contributed by atoms with Gasteiger partial charge >= 0.3 is 0 Å². The van der Waals surface area contributed by atoms with Crippen LogP contribution >= 0.6 is 46.4 Å². The quantitative estimate of drug-likeness (QED) is 0.476. The number of halogens is 2. The van der Waals surface area contributed by atoms with Crippen LogP contribution in [0, 0.1) is 8.34 Å². The Bertz CT molecular complexity index is 932. The number of nitrogens with one attached hydrogen (secondary N) is 1. The number of fused-ring (bicyclic) bond motifs is 1. The number of rotatable bonds is 1. The number of hydrogen-bond acceptors (Lipinski definition) is 2. The van der Waals surface area contributed by atoms with Crippen LogP contribution in [-0.4, -0.2) is 9.55 Å². The maximum Gasteiger partial charge on any atom is 0.266 e. The van der Waals surface area contributed by atoms with Crippen molar-refractivity contribution in [2.75, 3.05) is 0 Å². The van der Waals surface area contributed by atoms with Gasteiger partial charge in [0.2, 0.25) is 0 Å². The number of benzene rings is 2. The molecule has 3 nitrogen and oxygen atoms in total. The van der Waals surface area contributed by atoms with Crippen molar-refractivity contribution in [3.8, 4) is 5.69 Å².